The Balaban J connectivity index is 2.53. The molecule has 1 atom stereocenters. The fourth-order valence-electron chi connectivity index (χ4n) is 2.30. The van der Waals surface area contributed by atoms with E-state index >= 15 is 0 Å². The molecule has 1 aromatic carbocycles. The van der Waals surface area contributed by atoms with Crippen molar-refractivity contribution in [2.75, 3.05) is 14.1 Å². The summed E-state index contributed by atoms with van der Waals surface area (Å²) in [5, 5.41) is 0. The molecular formula is C15H23N3O2S. The van der Waals surface area contributed by atoms with E-state index in [0.717, 1.165) is 5.56 Å². The molecule has 116 valence electrons. The van der Waals surface area contributed by atoms with Crippen LogP contribution in [0.2, 0.25) is 0 Å². The molecule has 0 spiro atoms. The fourth-order valence-corrected chi connectivity index (χ4v) is 4.10. The quantitative estimate of drug-likeness (QED) is 0.840. The Morgan fingerprint density at radius 2 is 1.71 bits per heavy atom. The number of hydrogen-bond acceptors (Lipinski definition) is 4. The molecule has 1 aliphatic rings. The number of benzene rings is 1. The van der Waals surface area contributed by atoms with Crippen molar-refractivity contribution in [2.24, 2.45) is 4.99 Å². The first kappa shape index (κ1) is 15.8. The first-order valence-corrected chi connectivity index (χ1v) is 8.39. The lowest BCUT2D eigenvalue weighted by Gasteiger charge is -2.31. The van der Waals surface area contributed by atoms with Crippen LogP contribution in [0.5, 0.6) is 0 Å². The number of sulfonamides is 1. The maximum absolute atomic E-state index is 13.0. The number of aryl methyl sites for hydroxylation is 1. The molecule has 0 aliphatic carbocycles. The van der Waals surface area contributed by atoms with E-state index in [-0.39, 0.29) is 6.04 Å². The minimum absolute atomic E-state index is 0.235. The third-order valence-electron chi connectivity index (χ3n) is 3.94. The number of nitrogens with zero attached hydrogens (tertiary/aromatic N) is 3. The zero-order valence-electron chi connectivity index (χ0n) is 13.5. The monoisotopic (exact) mass is 309 g/mol. The van der Waals surface area contributed by atoms with Crippen molar-refractivity contribution in [1.29, 1.82) is 0 Å². The lowest BCUT2D eigenvalue weighted by Crippen LogP contribution is -2.48. The molecule has 1 aromatic rings. The Kier molecular flexibility index (Phi) is 3.78. The largest absolute Gasteiger partial charge is 0.348 e. The van der Waals surface area contributed by atoms with Crippen molar-refractivity contribution in [1.82, 2.24) is 9.21 Å². The van der Waals surface area contributed by atoms with E-state index in [9.17, 15) is 8.42 Å². The van der Waals surface area contributed by atoms with Gasteiger partial charge in [0.2, 0.25) is 5.96 Å². The van der Waals surface area contributed by atoms with Gasteiger partial charge in [0.25, 0.3) is 10.0 Å². The summed E-state index contributed by atoms with van der Waals surface area (Å²) < 4.78 is 27.4. The summed E-state index contributed by atoms with van der Waals surface area (Å²) in [6, 6.07) is 6.68. The van der Waals surface area contributed by atoms with Gasteiger partial charge in [-0.1, -0.05) is 17.7 Å². The Hall–Kier alpha value is -1.56. The van der Waals surface area contributed by atoms with Crippen LogP contribution in [0.1, 0.15) is 26.3 Å². The van der Waals surface area contributed by atoms with Crippen LogP contribution in [0.4, 0.5) is 0 Å². The SMILES string of the molecule is Cc1ccc(S(=O)(=O)N2C(N(C)C)=NC(C)(C)C2C)cc1. The predicted molar refractivity (Wildman–Crippen MR) is 84.9 cm³/mol. The lowest BCUT2D eigenvalue weighted by molar-refractivity contribution is 0.347. The van der Waals surface area contributed by atoms with Gasteiger partial charge in [-0.3, -0.25) is 0 Å². The van der Waals surface area contributed by atoms with E-state index in [1.54, 1.807) is 17.0 Å². The second kappa shape index (κ2) is 5.02. The van der Waals surface area contributed by atoms with Gasteiger partial charge < -0.3 is 4.90 Å². The van der Waals surface area contributed by atoms with Crippen molar-refractivity contribution >= 4 is 16.0 Å². The highest BCUT2D eigenvalue weighted by Crippen LogP contribution is 2.33. The van der Waals surface area contributed by atoms with E-state index < -0.39 is 15.6 Å². The molecule has 2 rings (SSSR count). The highest BCUT2D eigenvalue weighted by Gasteiger charge is 2.46. The lowest BCUT2D eigenvalue weighted by atomic mass is 9.99. The molecule has 0 amide bonds. The zero-order chi connectivity index (χ0) is 16.0. The van der Waals surface area contributed by atoms with Crippen molar-refractivity contribution in [3.05, 3.63) is 29.8 Å². The van der Waals surface area contributed by atoms with Gasteiger partial charge in [-0.15, -0.1) is 0 Å². The summed E-state index contributed by atoms with van der Waals surface area (Å²) in [4.78, 5) is 6.63. The van der Waals surface area contributed by atoms with Crippen LogP contribution in [-0.4, -0.2) is 49.3 Å². The third kappa shape index (κ3) is 2.64. The first-order valence-electron chi connectivity index (χ1n) is 6.95. The van der Waals surface area contributed by atoms with E-state index in [4.69, 9.17) is 0 Å². The Morgan fingerprint density at radius 3 is 2.19 bits per heavy atom. The average molecular weight is 309 g/mol. The summed E-state index contributed by atoms with van der Waals surface area (Å²) in [6.45, 7) is 7.73. The minimum Gasteiger partial charge on any atom is -0.348 e. The smallest absolute Gasteiger partial charge is 0.266 e. The van der Waals surface area contributed by atoms with Gasteiger partial charge in [0, 0.05) is 14.1 Å². The second-order valence-corrected chi connectivity index (χ2v) is 8.06. The normalized spacial score (nSPS) is 21.3. The average Bonchev–Trinajstić information content (AvgIpc) is 2.62. The number of aliphatic imine (C=N–C) groups is 1. The van der Waals surface area contributed by atoms with Gasteiger partial charge in [-0.25, -0.2) is 17.7 Å². The van der Waals surface area contributed by atoms with E-state index in [0.29, 0.717) is 10.9 Å². The summed E-state index contributed by atoms with van der Waals surface area (Å²) >= 11 is 0. The van der Waals surface area contributed by atoms with Gasteiger partial charge in [0.05, 0.1) is 16.5 Å². The number of guanidine groups is 1. The molecular weight excluding hydrogens is 286 g/mol. The standard InChI is InChI=1S/C15H23N3O2S/c1-11-7-9-13(10-8-11)21(19,20)18-12(2)15(3,4)16-14(18)17(5)6/h7-10,12H,1-6H3. The molecule has 0 bridgehead atoms. The summed E-state index contributed by atoms with van der Waals surface area (Å²) in [7, 11) is 0.0113. The van der Waals surface area contributed by atoms with Gasteiger partial charge in [-0.2, -0.15) is 0 Å². The molecule has 1 unspecified atom stereocenters. The molecule has 0 saturated heterocycles. The highest BCUT2D eigenvalue weighted by atomic mass is 32.2. The van der Waals surface area contributed by atoms with Gasteiger partial charge in [0.15, 0.2) is 0 Å². The highest BCUT2D eigenvalue weighted by molar-refractivity contribution is 7.89. The fraction of sp³-hybridized carbons (Fsp3) is 0.533. The third-order valence-corrected chi connectivity index (χ3v) is 5.80. The Labute approximate surface area is 127 Å². The first-order chi connectivity index (χ1) is 9.57. The van der Waals surface area contributed by atoms with Crippen molar-refractivity contribution in [2.45, 2.75) is 44.2 Å². The summed E-state index contributed by atoms with van der Waals surface area (Å²) in [5.41, 5.74) is 0.586. The molecule has 0 aromatic heterocycles. The molecule has 0 N–H and O–H groups in total. The molecule has 0 radical (unpaired) electrons. The van der Waals surface area contributed by atoms with Crippen LogP contribution in [0, 0.1) is 6.92 Å². The van der Waals surface area contributed by atoms with E-state index in [1.807, 2.05) is 53.9 Å². The summed E-state index contributed by atoms with van der Waals surface area (Å²) in [6.07, 6.45) is 0. The van der Waals surface area contributed by atoms with Crippen molar-refractivity contribution < 1.29 is 8.42 Å². The van der Waals surface area contributed by atoms with Gasteiger partial charge >= 0.3 is 0 Å². The Morgan fingerprint density at radius 1 is 1.19 bits per heavy atom. The van der Waals surface area contributed by atoms with Crippen LogP contribution < -0.4 is 0 Å². The number of hydrogen-bond donors (Lipinski definition) is 0. The van der Waals surface area contributed by atoms with Crippen LogP contribution in [0.3, 0.4) is 0 Å². The van der Waals surface area contributed by atoms with Crippen LogP contribution in [-0.2, 0) is 10.0 Å². The van der Waals surface area contributed by atoms with Gasteiger partial charge in [0.1, 0.15) is 0 Å². The van der Waals surface area contributed by atoms with Crippen LogP contribution in [0.15, 0.2) is 34.2 Å². The predicted octanol–water partition coefficient (Wildman–Crippen LogP) is 2.08. The second-order valence-electron chi connectivity index (χ2n) is 6.25. The van der Waals surface area contributed by atoms with Crippen molar-refractivity contribution in [3.8, 4) is 0 Å². The molecule has 6 heteroatoms. The summed E-state index contributed by atoms with van der Waals surface area (Å²) in [5.74, 6) is 0.480. The molecule has 0 saturated carbocycles. The number of rotatable bonds is 2. The molecule has 5 nitrogen and oxygen atoms in total. The maximum atomic E-state index is 13.0. The van der Waals surface area contributed by atoms with Crippen molar-refractivity contribution in [3.63, 3.8) is 0 Å². The van der Waals surface area contributed by atoms with E-state index in [2.05, 4.69) is 4.99 Å². The maximum Gasteiger partial charge on any atom is 0.266 e. The molecule has 1 aliphatic heterocycles. The topological polar surface area (TPSA) is 53.0 Å². The van der Waals surface area contributed by atoms with Gasteiger partial charge in [-0.05, 0) is 39.8 Å². The van der Waals surface area contributed by atoms with Crippen LogP contribution >= 0.6 is 0 Å². The molecule has 1 heterocycles. The van der Waals surface area contributed by atoms with E-state index in [1.165, 1.54) is 4.31 Å². The Bertz CT molecular complexity index is 661. The minimum atomic E-state index is -3.61. The van der Waals surface area contributed by atoms with Crippen LogP contribution in [0.25, 0.3) is 0 Å². The molecule has 0 fully saturated rings. The zero-order valence-corrected chi connectivity index (χ0v) is 14.3. The molecule has 21 heavy (non-hydrogen) atoms.